The maximum atomic E-state index is 12.8. The Morgan fingerprint density at radius 1 is 1.25 bits per heavy atom. The summed E-state index contributed by atoms with van der Waals surface area (Å²) in [7, 11) is 1.99. The molecule has 1 aromatic rings. The Morgan fingerprint density at radius 3 is 2.70 bits per heavy atom. The van der Waals surface area contributed by atoms with E-state index in [0.29, 0.717) is 11.9 Å². The van der Waals surface area contributed by atoms with E-state index in [-0.39, 0.29) is 12.0 Å². The Labute approximate surface area is 121 Å². The molecule has 0 radical (unpaired) electrons. The van der Waals surface area contributed by atoms with Crippen LogP contribution in [-0.2, 0) is 11.2 Å². The molecular formula is C17H24N2O. The van der Waals surface area contributed by atoms with Crippen LogP contribution in [0, 0.1) is 5.92 Å². The normalized spacial score (nSPS) is 25.9. The molecule has 3 heteroatoms. The third-order valence-electron chi connectivity index (χ3n) is 4.98. The van der Waals surface area contributed by atoms with Crippen molar-refractivity contribution < 1.29 is 4.79 Å². The number of fused-ring (bicyclic) bond motifs is 1. The van der Waals surface area contributed by atoms with E-state index in [1.165, 1.54) is 36.9 Å². The molecule has 1 N–H and O–H groups in total. The number of hydrogen-bond donors (Lipinski definition) is 1. The summed E-state index contributed by atoms with van der Waals surface area (Å²) in [5.41, 5.74) is 2.45. The van der Waals surface area contributed by atoms with Gasteiger partial charge in [0.25, 0.3) is 0 Å². The predicted molar refractivity (Wildman–Crippen MR) is 81.7 cm³/mol. The Hall–Kier alpha value is -1.51. The van der Waals surface area contributed by atoms with Gasteiger partial charge in [0.1, 0.15) is 0 Å². The van der Waals surface area contributed by atoms with E-state index in [4.69, 9.17) is 0 Å². The zero-order valence-corrected chi connectivity index (χ0v) is 12.4. The minimum absolute atomic E-state index is 0.0653. The molecule has 3 nitrogen and oxygen atoms in total. The number of nitrogens with one attached hydrogen (secondary N) is 1. The average molecular weight is 272 g/mol. The first-order valence-corrected chi connectivity index (χ1v) is 7.78. The molecule has 2 unspecified atom stereocenters. The van der Waals surface area contributed by atoms with Crippen LogP contribution < -0.4 is 5.32 Å². The van der Waals surface area contributed by atoms with Crippen LogP contribution in [0.15, 0.2) is 24.3 Å². The van der Waals surface area contributed by atoms with Gasteiger partial charge in [-0.1, -0.05) is 31.0 Å². The molecule has 1 amide bonds. The first kappa shape index (κ1) is 13.5. The lowest BCUT2D eigenvalue weighted by atomic mass is 9.86. The summed E-state index contributed by atoms with van der Waals surface area (Å²) in [5.74, 6) is 0.377. The fraction of sp³-hybridized carbons (Fsp3) is 0.588. The van der Waals surface area contributed by atoms with E-state index >= 15 is 0 Å². The monoisotopic (exact) mass is 272 g/mol. The van der Waals surface area contributed by atoms with E-state index < -0.39 is 0 Å². The van der Waals surface area contributed by atoms with E-state index in [9.17, 15) is 4.79 Å². The molecule has 1 saturated carbocycles. The van der Waals surface area contributed by atoms with E-state index in [1.54, 1.807) is 0 Å². The molecule has 0 bridgehead atoms. The van der Waals surface area contributed by atoms with Gasteiger partial charge in [-0.15, -0.1) is 0 Å². The van der Waals surface area contributed by atoms with Crippen molar-refractivity contribution in [1.29, 1.82) is 0 Å². The number of para-hydroxylation sites is 1. The van der Waals surface area contributed by atoms with Crippen LogP contribution in [-0.4, -0.2) is 29.9 Å². The summed E-state index contributed by atoms with van der Waals surface area (Å²) in [6.07, 6.45) is 5.74. The molecule has 2 aliphatic rings. The topological polar surface area (TPSA) is 32.3 Å². The molecule has 0 spiro atoms. The standard InChI is InChI=1S/C17H24N2O/c1-12-15(11-13-7-3-6-10-16(13)18-12)17(20)19(2)14-8-4-5-9-14/h3,6-7,10,12,14-15,18H,4-5,8-9,11H2,1-2H3. The number of carbonyl (C=O) groups is 1. The van der Waals surface area contributed by atoms with Gasteiger partial charge in [0.15, 0.2) is 0 Å². The molecule has 108 valence electrons. The molecule has 1 fully saturated rings. The van der Waals surface area contributed by atoms with Crippen LogP contribution in [0.1, 0.15) is 38.2 Å². The lowest BCUT2D eigenvalue weighted by Crippen LogP contribution is -2.47. The number of hydrogen-bond acceptors (Lipinski definition) is 2. The molecular weight excluding hydrogens is 248 g/mol. The highest BCUT2D eigenvalue weighted by atomic mass is 16.2. The van der Waals surface area contributed by atoms with Crippen molar-refractivity contribution in [2.45, 2.75) is 51.1 Å². The fourth-order valence-electron chi connectivity index (χ4n) is 3.63. The SMILES string of the molecule is CC1Nc2ccccc2CC1C(=O)N(C)C1CCCC1. The molecule has 1 aliphatic carbocycles. The number of rotatable bonds is 2. The number of anilines is 1. The molecule has 1 aliphatic heterocycles. The average Bonchev–Trinajstić information content (AvgIpc) is 2.99. The van der Waals surface area contributed by atoms with Gasteiger partial charge in [0.05, 0.1) is 5.92 Å². The minimum atomic E-state index is 0.0653. The molecule has 20 heavy (non-hydrogen) atoms. The molecule has 0 aromatic heterocycles. The summed E-state index contributed by atoms with van der Waals surface area (Å²) in [6.45, 7) is 2.13. The number of nitrogens with zero attached hydrogens (tertiary/aromatic N) is 1. The quantitative estimate of drug-likeness (QED) is 0.897. The van der Waals surface area contributed by atoms with Crippen LogP contribution in [0.4, 0.5) is 5.69 Å². The van der Waals surface area contributed by atoms with Crippen molar-refractivity contribution in [3.63, 3.8) is 0 Å². The van der Waals surface area contributed by atoms with Crippen LogP contribution in [0.3, 0.4) is 0 Å². The molecule has 2 atom stereocenters. The van der Waals surface area contributed by atoms with Crippen molar-refractivity contribution in [2.75, 3.05) is 12.4 Å². The zero-order chi connectivity index (χ0) is 14.1. The zero-order valence-electron chi connectivity index (χ0n) is 12.4. The highest BCUT2D eigenvalue weighted by molar-refractivity contribution is 5.81. The van der Waals surface area contributed by atoms with Crippen LogP contribution in [0.5, 0.6) is 0 Å². The van der Waals surface area contributed by atoms with Crippen molar-refractivity contribution in [3.05, 3.63) is 29.8 Å². The molecule has 3 rings (SSSR count). The lowest BCUT2D eigenvalue weighted by Gasteiger charge is -2.36. The van der Waals surface area contributed by atoms with Gasteiger partial charge in [-0.25, -0.2) is 0 Å². The van der Waals surface area contributed by atoms with E-state index in [2.05, 4.69) is 30.4 Å². The molecule has 1 heterocycles. The summed E-state index contributed by atoms with van der Waals surface area (Å²) in [4.78, 5) is 14.8. The van der Waals surface area contributed by atoms with Gasteiger partial charge < -0.3 is 10.2 Å². The second kappa shape index (κ2) is 5.47. The Bertz CT molecular complexity index is 494. The number of benzene rings is 1. The third kappa shape index (κ3) is 2.41. The van der Waals surface area contributed by atoms with Gasteiger partial charge in [-0.05, 0) is 37.8 Å². The predicted octanol–water partition coefficient (Wildman–Crippen LogP) is 3.06. The largest absolute Gasteiger partial charge is 0.382 e. The third-order valence-corrected chi connectivity index (χ3v) is 4.98. The minimum Gasteiger partial charge on any atom is -0.382 e. The lowest BCUT2D eigenvalue weighted by molar-refractivity contribution is -0.136. The number of carbonyl (C=O) groups excluding carboxylic acids is 1. The highest BCUT2D eigenvalue weighted by Gasteiger charge is 2.34. The van der Waals surface area contributed by atoms with Crippen molar-refractivity contribution in [2.24, 2.45) is 5.92 Å². The van der Waals surface area contributed by atoms with Crippen molar-refractivity contribution in [3.8, 4) is 0 Å². The second-order valence-corrected chi connectivity index (χ2v) is 6.29. The summed E-state index contributed by atoms with van der Waals surface area (Å²) >= 11 is 0. The van der Waals surface area contributed by atoms with E-state index in [1.807, 2.05) is 18.0 Å². The van der Waals surface area contributed by atoms with Gasteiger partial charge in [-0.3, -0.25) is 4.79 Å². The Kier molecular flexibility index (Phi) is 3.68. The first-order chi connectivity index (χ1) is 9.66. The molecule has 1 aromatic carbocycles. The maximum Gasteiger partial charge on any atom is 0.228 e. The summed E-state index contributed by atoms with van der Waals surface area (Å²) in [5, 5.41) is 3.49. The maximum absolute atomic E-state index is 12.8. The smallest absolute Gasteiger partial charge is 0.228 e. The summed E-state index contributed by atoms with van der Waals surface area (Å²) < 4.78 is 0. The molecule has 0 saturated heterocycles. The van der Waals surface area contributed by atoms with Gasteiger partial charge in [-0.2, -0.15) is 0 Å². The second-order valence-electron chi connectivity index (χ2n) is 6.29. The van der Waals surface area contributed by atoms with Crippen LogP contribution in [0.2, 0.25) is 0 Å². The first-order valence-electron chi connectivity index (χ1n) is 7.78. The van der Waals surface area contributed by atoms with Crippen LogP contribution >= 0.6 is 0 Å². The van der Waals surface area contributed by atoms with Gasteiger partial charge in [0, 0.05) is 24.8 Å². The van der Waals surface area contributed by atoms with E-state index in [0.717, 1.165) is 6.42 Å². The van der Waals surface area contributed by atoms with Crippen molar-refractivity contribution in [1.82, 2.24) is 4.90 Å². The van der Waals surface area contributed by atoms with Gasteiger partial charge in [0.2, 0.25) is 5.91 Å². The van der Waals surface area contributed by atoms with Crippen molar-refractivity contribution >= 4 is 11.6 Å². The summed E-state index contributed by atoms with van der Waals surface area (Å²) in [6, 6.07) is 9.01. The Morgan fingerprint density at radius 2 is 1.95 bits per heavy atom. The fourth-order valence-corrected chi connectivity index (χ4v) is 3.63. The van der Waals surface area contributed by atoms with Crippen LogP contribution in [0.25, 0.3) is 0 Å². The number of amides is 1. The van der Waals surface area contributed by atoms with Gasteiger partial charge >= 0.3 is 0 Å². The highest BCUT2D eigenvalue weighted by Crippen LogP contribution is 2.31. The Balaban J connectivity index is 1.75.